The Morgan fingerprint density at radius 3 is 2.33 bits per heavy atom. The maximum absolute atomic E-state index is 11.6. The van der Waals surface area contributed by atoms with E-state index in [1.54, 1.807) is 26.4 Å². The second kappa shape index (κ2) is 10.7. The Bertz CT molecular complexity index is 1070. The van der Waals surface area contributed by atoms with Gasteiger partial charge in [0.1, 0.15) is 5.82 Å². The molecule has 7 heteroatoms. The minimum absolute atomic E-state index is 0.177. The zero-order valence-corrected chi connectivity index (χ0v) is 20.0. The molecule has 1 unspecified atom stereocenters. The van der Waals surface area contributed by atoms with Crippen molar-refractivity contribution in [3.05, 3.63) is 71.3 Å². The summed E-state index contributed by atoms with van der Waals surface area (Å²) < 4.78 is 13.4. The van der Waals surface area contributed by atoms with Gasteiger partial charge in [-0.15, -0.1) is 5.10 Å². The van der Waals surface area contributed by atoms with Crippen LogP contribution in [0.5, 0.6) is 0 Å². The van der Waals surface area contributed by atoms with Gasteiger partial charge in [0.25, 0.3) is 0 Å². The number of hydrogen-bond acceptors (Lipinski definition) is 5. The summed E-state index contributed by atoms with van der Waals surface area (Å²) in [6.45, 7) is 6.31. The Balaban J connectivity index is 1.94. The maximum atomic E-state index is 11.6. The van der Waals surface area contributed by atoms with Gasteiger partial charge in [0.2, 0.25) is 11.6 Å². The Labute approximate surface area is 195 Å². The zero-order valence-electron chi connectivity index (χ0n) is 20.0. The van der Waals surface area contributed by atoms with Gasteiger partial charge in [-0.3, -0.25) is 0 Å². The van der Waals surface area contributed by atoms with Crippen molar-refractivity contribution in [2.45, 2.75) is 58.3 Å². The molecule has 0 aliphatic carbocycles. The van der Waals surface area contributed by atoms with Crippen LogP contribution in [-0.4, -0.2) is 40.1 Å². The van der Waals surface area contributed by atoms with E-state index in [0.717, 1.165) is 29.8 Å². The van der Waals surface area contributed by atoms with Crippen molar-refractivity contribution in [2.75, 3.05) is 14.2 Å². The second-order valence-electron chi connectivity index (χ2n) is 8.19. The Hall–Kier alpha value is -3.03. The minimum Gasteiger partial charge on any atom is -0.478 e. The number of benzene rings is 2. The van der Waals surface area contributed by atoms with E-state index in [1.807, 2.05) is 41.1 Å². The van der Waals surface area contributed by atoms with Crippen molar-refractivity contribution < 1.29 is 19.4 Å². The number of methoxy groups -OCH3 is 2. The summed E-state index contributed by atoms with van der Waals surface area (Å²) in [5.41, 5.74) is 2.91. The number of carboxylic acid groups (broad SMARTS) is 1. The molecule has 0 spiro atoms. The van der Waals surface area contributed by atoms with Gasteiger partial charge < -0.3 is 14.6 Å². The monoisotopic (exact) mass is 451 g/mol. The number of carboxylic acids is 1. The van der Waals surface area contributed by atoms with Gasteiger partial charge >= 0.3 is 5.97 Å². The molecule has 0 fully saturated rings. The smallest absolute Gasteiger partial charge is 0.336 e. The first kappa shape index (κ1) is 24.6. The van der Waals surface area contributed by atoms with Crippen molar-refractivity contribution in [3.63, 3.8) is 0 Å². The lowest BCUT2D eigenvalue weighted by atomic mass is 9.98. The molecule has 3 aromatic rings. The quantitative estimate of drug-likeness (QED) is 0.390. The van der Waals surface area contributed by atoms with E-state index in [9.17, 15) is 9.90 Å². The average molecular weight is 452 g/mol. The number of ether oxygens (including phenoxy) is 2. The Kier molecular flexibility index (Phi) is 8.00. The topological polar surface area (TPSA) is 86.5 Å². The first-order valence-electron chi connectivity index (χ1n) is 11.4. The summed E-state index contributed by atoms with van der Waals surface area (Å²) >= 11 is 0. The molecule has 1 N–H and O–H groups in total. The van der Waals surface area contributed by atoms with Gasteiger partial charge in [0, 0.05) is 27.1 Å². The molecule has 1 atom stereocenters. The van der Waals surface area contributed by atoms with Gasteiger partial charge in [-0.1, -0.05) is 62.7 Å². The summed E-state index contributed by atoms with van der Waals surface area (Å²) in [6.07, 6.45) is 3.03. The number of hydrogen-bond donors (Lipinski definition) is 1. The number of aromatic carboxylic acids is 1. The fourth-order valence-corrected chi connectivity index (χ4v) is 3.98. The number of aromatic nitrogens is 3. The molecular weight excluding hydrogens is 418 g/mol. The van der Waals surface area contributed by atoms with Crippen molar-refractivity contribution in [1.82, 2.24) is 14.8 Å². The predicted molar refractivity (Wildman–Crippen MR) is 127 cm³/mol. The summed E-state index contributed by atoms with van der Waals surface area (Å²) in [7, 11) is 3.24. The van der Waals surface area contributed by atoms with Crippen molar-refractivity contribution >= 4 is 5.97 Å². The standard InChI is InChI=1S/C26H33N3O4/c1-6-16-26(32-4,33-5)25-27-23(29(28-25)18(3)7-2)17-19-12-14-20(15-13-19)21-10-8-9-11-22(21)24(30)31/h8-15,18H,6-7,16-17H2,1-5H3,(H,30,31). The van der Waals surface area contributed by atoms with E-state index in [-0.39, 0.29) is 11.6 Å². The van der Waals surface area contributed by atoms with Crippen LogP contribution in [0.15, 0.2) is 48.5 Å². The van der Waals surface area contributed by atoms with Gasteiger partial charge in [0.05, 0.1) is 11.6 Å². The molecule has 1 aromatic heterocycles. The van der Waals surface area contributed by atoms with E-state index >= 15 is 0 Å². The van der Waals surface area contributed by atoms with E-state index in [2.05, 4.69) is 20.8 Å². The van der Waals surface area contributed by atoms with Crippen molar-refractivity contribution in [1.29, 1.82) is 0 Å². The molecule has 176 valence electrons. The van der Waals surface area contributed by atoms with Gasteiger partial charge in [-0.05, 0) is 36.1 Å². The molecule has 33 heavy (non-hydrogen) atoms. The molecule has 0 radical (unpaired) electrons. The van der Waals surface area contributed by atoms with Crippen LogP contribution < -0.4 is 0 Å². The van der Waals surface area contributed by atoms with Crippen LogP contribution in [0, 0.1) is 0 Å². The van der Waals surface area contributed by atoms with Crippen LogP contribution in [0.2, 0.25) is 0 Å². The van der Waals surface area contributed by atoms with E-state index in [4.69, 9.17) is 19.6 Å². The van der Waals surface area contributed by atoms with E-state index < -0.39 is 11.8 Å². The molecular formula is C26H33N3O4. The highest BCUT2D eigenvalue weighted by molar-refractivity contribution is 5.95. The molecule has 0 saturated carbocycles. The highest BCUT2D eigenvalue weighted by Crippen LogP contribution is 2.31. The molecule has 0 aliphatic heterocycles. The third-order valence-electron chi connectivity index (χ3n) is 6.07. The third kappa shape index (κ3) is 5.15. The Morgan fingerprint density at radius 1 is 1.09 bits per heavy atom. The highest BCUT2D eigenvalue weighted by atomic mass is 16.7. The molecule has 0 saturated heterocycles. The molecule has 0 bridgehead atoms. The van der Waals surface area contributed by atoms with Crippen LogP contribution in [0.1, 0.15) is 73.6 Å². The average Bonchev–Trinajstić information content (AvgIpc) is 3.26. The largest absolute Gasteiger partial charge is 0.478 e. The summed E-state index contributed by atoms with van der Waals surface area (Å²) in [5, 5.41) is 14.3. The maximum Gasteiger partial charge on any atom is 0.336 e. The molecule has 0 aliphatic rings. The van der Waals surface area contributed by atoms with Crippen molar-refractivity contribution in [3.8, 4) is 11.1 Å². The SMILES string of the molecule is CCCC(OC)(OC)c1nc(Cc2ccc(-c3ccccc3C(=O)O)cc2)n(C(C)CC)n1. The Morgan fingerprint density at radius 2 is 1.76 bits per heavy atom. The number of nitrogens with zero attached hydrogens (tertiary/aromatic N) is 3. The van der Waals surface area contributed by atoms with Crippen LogP contribution >= 0.6 is 0 Å². The molecule has 7 nitrogen and oxygen atoms in total. The zero-order chi connectivity index (χ0) is 24.0. The van der Waals surface area contributed by atoms with Gasteiger partial charge in [-0.25, -0.2) is 14.5 Å². The van der Waals surface area contributed by atoms with Crippen LogP contribution in [-0.2, 0) is 21.7 Å². The predicted octanol–water partition coefficient (Wildman–Crippen LogP) is 5.45. The second-order valence-corrected chi connectivity index (χ2v) is 8.19. The van der Waals surface area contributed by atoms with Gasteiger partial charge in [0.15, 0.2) is 0 Å². The van der Waals surface area contributed by atoms with Crippen LogP contribution in [0.4, 0.5) is 0 Å². The molecule has 3 rings (SSSR count). The molecule has 2 aromatic carbocycles. The first-order valence-corrected chi connectivity index (χ1v) is 11.4. The first-order chi connectivity index (χ1) is 15.9. The van der Waals surface area contributed by atoms with Crippen molar-refractivity contribution in [2.24, 2.45) is 0 Å². The lowest BCUT2D eigenvalue weighted by Crippen LogP contribution is -2.32. The fraction of sp³-hybridized carbons (Fsp3) is 0.423. The van der Waals surface area contributed by atoms with E-state index in [0.29, 0.717) is 24.2 Å². The fourth-order valence-electron chi connectivity index (χ4n) is 3.98. The number of rotatable bonds is 11. The lowest BCUT2D eigenvalue weighted by molar-refractivity contribution is -0.225. The highest BCUT2D eigenvalue weighted by Gasteiger charge is 2.37. The molecule has 0 amide bonds. The number of carbonyl (C=O) groups is 1. The summed E-state index contributed by atoms with van der Waals surface area (Å²) in [5.74, 6) is -0.521. The van der Waals surface area contributed by atoms with E-state index in [1.165, 1.54) is 0 Å². The minimum atomic E-state index is -0.966. The molecule has 1 heterocycles. The lowest BCUT2D eigenvalue weighted by Gasteiger charge is -2.27. The summed E-state index contributed by atoms with van der Waals surface area (Å²) in [4.78, 5) is 16.4. The summed E-state index contributed by atoms with van der Waals surface area (Å²) in [6, 6.07) is 15.1. The van der Waals surface area contributed by atoms with Gasteiger partial charge in [-0.2, -0.15) is 0 Å². The van der Waals surface area contributed by atoms with Crippen LogP contribution in [0.3, 0.4) is 0 Å². The van der Waals surface area contributed by atoms with Crippen LogP contribution in [0.25, 0.3) is 11.1 Å². The normalized spacial score (nSPS) is 12.6. The third-order valence-corrected chi connectivity index (χ3v) is 6.07.